The number of rotatable bonds is 6. The molecule has 2 heteroatoms. The summed E-state index contributed by atoms with van der Waals surface area (Å²) in [7, 11) is 0. The summed E-state index contributed by atoms with van der Waals surface area (Å²) in [5.41, 5.74) is 7.95. The standard InChI is InChI=1S/C13H19NO/c14-9-12-3-5-13(6-4-12)10-15-8-7-11-1-2-11/h3-6,11H,1-2,7-10,14H2. The van der Waals surface area contributed by atoms with Crippen molar-refractivity contribution in [3.63, 3.8) is 0 Å². The lowest BCUT2D eigenvalue weighted by Crippen LogP contribution is -1.98. The molecule has 15 heavy (non-hydrogen) atoms. The smallest absolute Gasteiger partial charge is 0.0716 e. The molecule has 1 fully saturated rings. The molecule has 1 aromatic rings. The van der Waals surface area contributed by atoms with Gasteiger partial charge in [-0.25, -0.2) is 0 Å². The van der Waals surface area contributed by atoms with Gasteiger partial charge in [0.05, 0.1) is 6.61 Å². The minimum Gasteiger partial charge on any atom is -0.377 e. The van der Waals surface area contributed by atoms with Crippen LogP contribution in [0.15, 0.2) is 24.3 Å². The summed E-state index contributed by atoms with van der Waals surface area (Å²) in [4.78, 5) is 0. The van der Waals surface area contributed by atoms with Gasteiger partial charge in [0.25, 0.3) is 0 Å². The van der Waals surface area contributed by atoms with Gasteiger partial charge in [0, 0.05) is 13.2 Å². The van der Waals surface area contributed by atoms with E-state index in [0.29, 0.717) is 6.54 Å². The Balaban J connectivity index is 1.67. The van der Waals surface area contributed by atoms with Crippen LogP contribution in [0.5, 0.6) is 0 Å². The van der Waals surface area contributed by atoms with E-state index in [4.69, 9.17) is 10.5 Å². The van der Waals surface area contributed by atoms with E-state index in [0.717, 1.165) is 19.1 Å². The molecule has 0 aliphatic heterocycles. The van der Waals surface area contributed by atoms with Crippen LogP contribution in [-0.2, 0) is 17.9 Å². The van der Waals surface area contributed by atoms with Crippen molar-refractivity contribution in [3.8, 4) is 0 Å². The Kier molecular flexibility index (Phi) is 3.75. The second-order valence-corrected chi connectivity index (χ2v) is 4.31. The van der Waals surface area contributed by atoms with Gasteiger partial charge in [0.1, 0.15) is 0 Å². The lowest BCUT2D eigenvalue weighted by Gasteiger charge is -2.04. The zero-order valence-electron chi connectivity index (χ0n) is 9.11. The minimum absolute atomic E-state index is 0.614. The molecule has 0 bridgehead atoms. The van der Waals surface area contributed by atoms with Crippen molar-refractivity contribution >= 4 is 0 Å². The Bertz CT molecular complexity index is 290. The first-order chi connectivity index (χ1) is 7.38. The number of nitrogens with two attached hydrogens (primary N) is 1. The monoisotopic (exact) mass is 205 g/mol. The zero-order chi connectivity index (χ0) is 10.5. The second kappa shape index (κ2) is 5.29. The molecule has 0 spiro atoms. The van der Waals surface area contributed by atoms with E-state index in [9.17, 15) is 0 Å². The van der Waals surface area contributed by atoms with Gasteiger partial charge in [-0.2, -0.15) is 0 Å². The van der Waals surface area contributed by atoms with Gasteiger partial charge in [0.2, 0.25) is 0 Å². The summed E-state index contributed by atoms with van der Waals surface area (Å²) in [6.07, 6.45) is 4.06. The summed E-state index contributed by atoms with van der Waals surface area (Å²) in [5.74, 6) is 0.963. The fourth-order valence-electron chi connectivity index (χ4n) is 1.62. The van der Waals surface area contributed by atoms with Crippen LogP contribution in [0.3, 0.4) is 0 Å². The highest BCUT2D eigenvalue weighted by atomic mass is 16.5. The number of hydrogen-bond acceptors (Lipinski definition) is 2. The predicted molar refractivity (Wildman–Crippen MR) is 61.3 cm³/mol. The van der Waals surface area contributed by atoms with Crippen molar-refractivity contribution in [1.82, 2.24) is 0 Å². The van der Waals surface area contributed by atoms with Crippen molar-refractivity contribution < 1.29 is 4.74 Å². The average Bonchev–Trinajstić information content (AvgIpc) is 3.09. The van der Waals surface area contributed by atoms with Gasteiger partial charge in [-0.3, -0.25) is 0 Å². The van der Waals surface area contributed by atoms with Crippen LogP contribution in [0.25, 0.3) is 0 Å². The third-order valence-corrected chi connectivity index (χ3v) is 2.89. The van der Waals surface area contributed by atoms with Crippen LogP contribution in [0.4, 0.5) is 0 Å². The molecular formula is C13H19NO. The summed E-state index contributed by atoms with van der Waals surface area (Å²) >= 11 is 0. The van der Waals surface area contributed by atoms with E-state index in [-0.39, 0.29) is 0 Å². The third-order valence-electron chi connectivity index (χ3n) is 2.89. The fourth-order valence-corrected chi connectivity index (χ4v) is 1.62. The predicted octanol–water partition coefficient (Wildman–Crippen LogP) is 2.46. The van der Waals surface area contributed by atoms with Crippen molar-refractivity contribution in [3.05, 3.63) is 35.4 Å². The van der Waals surface area contributed by atoms with Crippen LogP contribution in [0, 0.1) is 5.92 Å². The largest absolute Gasteiger partial charge is 0.377 e. The molecule has 0 saturated heterocycles. The molecule has 0 radical (unpaired) electrons. The number of ether oxygens (including phenoxy) is 1. The minimum atomic E-state index is 0.614. The van der Waals surface area contributed by atoms with Crippen LogP contribution < -0.4 is 5.73 Å². The number of hydrogen-bond donors (Lipinski definition) is 1. The molecule has 0 aromatic heterocycles. The van der Waals surface area contributed by atoms with Gasteiger partial charge >= 0.3 is 0 Å². The lowest BCUT2D eigenvalue weighted by molar-refractivity contribution is 0.115. The molecule has 1 aromatic carbocycles. The van der Waals surface area contributed by atoms with Crippen LogP contribution in [0.2, 0.25) is 0 Å². The van der Waals surface area contributed by atoms with E-state index in [1.54, 1.807) is 0 Å². The number of benzene rings is 1. The van der Waals surface area contributed by atoms with E-state index in [1.807, 2.05) is 0 Å². The highest BCUT2D eigenvalue weighted by Crippen LogP contribution is 2.32. The SMILES string of the molecule is NCc1ccc(COCCC2CC2)cc1. The topological polar surface area (TPSA) is 35.2 Å². The maximum absolute atomic E-state index is 5.61. The fraction of sp³-hybridized carbons (Fsp3) is 0.538. The zero-order valence-corrected chi connectivity index (χ0v) is 9.11. The van der Waals surface area contributed by atoms with E-state index < -0.39 is 0 Å². The van der Waals surface area contributed by atoms with Crippen LogP contribution >= 0.6 is 0 Å². The molecule has 0 amide bonds. The second-order valence-electron chi connectivity index (χ2n) is 4.31. The van der Waals surface area contributed by atoms with Crippen molar-refractivity contribution in [2.75, 3.05) is 6.61 Å². The molecule has 0 unspecified atom stereocenters. The molecule has 1 aliphatic carbocycles. The highest BCUT2D eigenvalue weighted by molar-refractivity contribution is 5.21. The molecule has 2 rings (SSSR count). The molecule has 2 nitrogen and oxygen atoms in total. The third kappa shape index (κ3) is 3.65. The molecule has 1 aliphatic rings. The summed E-state index contributed by atoms with van der Waals surface area (Å²) in [6, 6.07) is 8.33. The van der Waals surface area contributed by atoms with Crippen LogP contribution in [-0.4, -0.2) is 6.61 Å². The van der Waals surface area contributed by atoms with Crippen molar-refractivity contribution in [2.45, 2.75) is 32.4 Å². The first-order valence-electron chi connectivity index (χ1n) is 5.74. The summed E-state index contributed by atoms with van der Waals surface area (Å²) < 4.78 is 5.61. The van der Waals surface area contributed by atoms with Gasteiger partial charge < -0.3 is 10.5 Å². The molecule has 0 heterocycles. The van der Waals surface area contributed by atoms with Crippen molar-refractivity contribution in [2.24, 2.45) is 11.7 Å². The van der Waals surface area contributed by atoms with E-state index in [2.05, 4.69) is 24.3 Å². The van der Waals surface area contributed by atoms with Crippen molar-refractivity contribution in [1.29, 1.82) is 0 Å². The Labute approximate surface area is 91.4 Å². The van der Waals surface area contributed by atoms with Crippen LogP contribution in [0.1, 0.15) is 30.4 Å². The van der Waals surface area contributed by atoms with E-state index in [1.165, 1.54) is 30.4 Å². The van der Waals surface area contributed by atoms with Gasteiger partial charge in [-0.1, -0.05) is 37.1 Å². The van der Waals surface area contributed by atoms with Gasteiger partial charge in [-0.15, -0.1) is 0 Å². The normalized spacial score (nSPS) is 15.5. The Morgan fingerprint density at radius 3 is 2.40 bits per heavy atom. The van der Waals surface area contributed by atoms with Gasteiger partial charge in [0.15, 0.2) is 0 Å². The maximum Gasteiger partial charge on any atom is 0.0716 e. The average molecular weight is 205 g/mol. The van der Waals surface area contributed by atoms with Gasteiger partial charge in [-0.05, 0) is 23.5 Å². The highest BCUT2D eigenvalue weighted by Gasteiger charge is 2.20. The summed E-state index contributed by atoms with van der Waals surface area (Å²) in [5, 5.41) is 0. The summed E-state index contributed by atoms with van der Waals surface area (Å²) in [6.45, 7) is 2.25. The van der Waals surface area contributed by atoms with E-state index >= 15 is 0 Å². The Morgan fingerprint density at radius 1 is 1.13 bits per heavy atom. The Morgan fingerprint density at radius 2 is 1.80 bits per heavy atom. The molecule has 1 saturated carbocycles. The molecule has 2 N–H and O–H groups in total. The first-order valence-corrected chi connectivity index (χ1v) is 5.74. The maximum atomic E-state index is 5.61. The Hall–Kier alpha value is -0.860. The lowest BCUT2D eigenvalue weighted by atomic mass is 10.1. The molecular weight excluding hydrogens is 186 g/mol. The molecule has 82 valence electrons. The first kappa shape index (κ1) is 10.7. The molecule has 0 atom stereocenters. The quantitative estimate of drug-likeness (QED) is 0.724.